The molecule has 0 aliphatic carbocycles. The number of hydrogen-bond donors (Lipinski definition) is 1. The van der Waals surface area contributed by atoms with E-state index in [2.05, 4.69) is 9.56 Å². The maximum atomic E-state index is 9.63. The second kappa shape index (κ2) is 5.41. The van der Waals surface area contributed by atoms with E-state index < -0.39 is 8.25 Å². The molecular formula is C2H5ClO4P. The maximum absolute atomic E-state index is 9.63. The van der Waals surface area contributed by atoms with E-state index in [1.165, 1.54) is 0 Å². The molecule has 49 valence electrons. The summed E-state index contributed by atoms with van der Waals surface area (Å²) in [5.41, 5.74) is 0. The van der Waals surface area contributed by atoms with Crippen molar-refractivity contribution in [1.82, 2.24) is 0 Å². The monoisotopic (exact) mass is 159 g/mol. The molecule has 4 nitrogen and oxygen atoms in total. The second-order valence-electron chi connectivity index (χ2n) is 0.823. The average molecular weight is 159 g/mol. The van der Waals surface area contributed by atoms with Crippen LogP contribution < -0.4 is 0 Å². The number of rotatable bonds is 4. The van der Waals surface area contributed by atoms with Crippen LogP contribution in [0.4, 0.5) is 0 Å². The summed E-state index contributed by atoms with van der Waals surface area (Å²) in [5.74, 6) is 0.239. The molecule has 0 fully saturated rings. The Morgan fingerprint density at radius 3 is 2.75 bits per heavy atom. The first kappa shape index (κ1) is 8.27. The Bertz CT molecular complexity index is 76.4. The first-order chi connectivity index (χ1) is 3.77. The summed E-state index contributed by atoms with van der Waals surface area (Å²) in [4.78, 5) is 12.0. The van der Waals surface area contributed by atoms with Crippen LogP contribution >= 0.6 is 19.9 Å². The van der Waals surface area contributed by atoms with E-state index in [4.69, 9.17) is 16.5 Å². The van der Waals surface area contributed by atoms with Crippen molar-refractivity contribution in [1.29, 1.82) is 0 Å². The molecule has 0 heterocycles. The van der Waals surface area contributed by atoms with Crippen LogP contribution in [0.15, 0.2) is 0 Å². The largest absolute Gasteiger partial charge is 0.395 e. The minimum Gasteiger partial charge on any atom is -0.297 e. The molecule has 0 bridgehead atoms. The van der Waals surface area contributed by atoms with Gasteiger partial charge in [0, 0.05) is 5.88 Å². The molecule has 0 spiro atoms. The average Bonchev–Trinajstić information content (AvgIpc) is 1.66. The molecule has 0 aromatic heterocycles. The molecule has 0 aromatic carbocycles. The Morgan fingerprint density at radius 2 is 2.38 bits per heavy atom. The molecule has 1 N–H and O–H groups in total. The summed E-state index contributed by atoms with van der Waals surface area (Å²) in [5, 5.41) is 0. The van der Waals surface area contributed by atoms with Crippen LogP contribution in [-0.4, -0.2) is 17.4 Å². The van der Waals surface area contributed by atoms with Crippen molar-refractivity contribution < 1.29 is 19.0 Å². The highest BCUT2D eigenvalue weighted by Gasteiger charge is 1.91. The smallest absolute Gasteiger partial charge is 0.297 e. The summed E-state index contributed by atoms with van der Waals surface area (Å²) in [7, 11) is -2.64. The predicted octanol–water partition coefficient (Wildman–Crippen LogP) is 0.823. The number of hydrogen-bond acceptors (Lipinski definition) is 3. The van der Waals surface area contributed by atoms with Crippen molar-refractivity contribution in [3.63, 3.8) is 0 Å². The van der Waals surface area contributed by atoms with Crippen molar-refractivity contribution in [2.45, 2.75) is 0 Å². The molecule has 0 amide bonds. The molecule has 0 aliphatic rings. The SMILES string of the molecule is O=[P](O)OOCCCl. The number of halogens is 1. The van der Waals surface area contributed by atoms with Crippen molar-refractivity contribution in [3.05, 3.63) is 0 Å². The summed E-state index contributed by atoms with van der Waals surface area (Å²) >= 11 is 5.10. The van der Waals surface area contributed by atoms with Gasteiger partial charge in [-0.25, -0.2) is 9.45 Å². The van der Waals surface area contributed by atoms with Crippen molar-refractivity contribution >= 4 is 19.9 Å². The summed E-state index contributed by atoms with van der Waals surface area (Å²) < 4.78 is 13.4. The van der Waals surface area contributed by atoms with Crippen LogP contribution in [0.2, 0.25) is 0 Å². The van der Waals surface area contributed by atoms with Gasteiger partial charge in [0.1, 0.15) is 0 Å². The van der Waals surface area contributed by atoms with Gasteiger partial charge in [-0.2, -0.15) is 0 Å². The molecule has 0 rings (SSSR count). The van der Waals surface area contributed by atoms with Crippen LogP contribution in [0.5, 0.6) is 0 Å². The summed E-state index contributed by atoms with van der Waals surface area (Å²) in [6.45, 7) is 0.114. The van der Waals surface area contributed by atoms with Crippen LogP contribution in [0.3, 0.4) is 0 Å². The van der Waals surface area contributed by atoms with E-state index in [1.807, 2.05) is 0 Å². The topological polar surface area (TPSA) is 55.8 Å². The highest BCUT2D eigenvalue weighted by molar-refractivity contribution is 7.31. The molecular weight excluding hydrogens is 154 g/mol. The molecule has 1 unspecified atom stereocenters. The zero-order chi connectivity index (χ0) is 6.41. The van der Waals surface area contributed by atoms with E-state index in [0.717, 1.165) is 0 Å². The molecule has 6 heteroatoms. The maximum Gasteiger partial charge on any atom is 0.395 e. The Balaban J connectivity index is 2.82. The third kappa shape index (κ3) is 6.27. The Hall–Kier alpha value is 0.270. The lowest BCUT2D eigenvalue weighted by molar-refractivity contribution is -0.202. The van der Waals surface area contributed by atoms with Gasteiger partial charge in [-0.3, -0.25) is 4.89 Å². The normalized spacial score (nSPS) is 11.5. The molecule has 1 radical (unpaired) electrons. The van der Waals surface area contributed by atoms with Crippen molar-refractivity contribution in [3.8, 4) is 0 Å². The van der Waals surface area contributed by atoms with Gasteiger partial charge in [0.25, 0.3) is 0 Å². The van der Waals surface area contributed by atoms with Crippen LogP contribution in [0, 0.1) is 0 Å². The predicted molar refractivity (Wildman–Crippen MR) is 27.6 cm³/mol. The van der Waals surface area contributed by atoms with Gasteiger partial charge in [0.2, 0.25) is 0 Å². The third-order valence-corrected chi connectivity index (χ3v) is 0.664. The molecule has 8 heavy (non-hydrogen) atoms. The first-order valence-electron chi connectivity index (χ1n) is 1.79. The lowest BCUT2D eigenvalue weighted by atomic mass is 10.9. The van der Waals surface area contributed by atoms with Crippen LogP contribution in [-0.2, 0) is 14.1 Å². The minimum absolute atomic E-state index is 0.114. The fourth-order valence-corrected chi connectivity index (χ4v) is 0.342. The summed E-state index contributed by atoms with van der Waals surface area (Å²) in [6.07, 6.45) is 0. The highest BCUT2D eigenvalue weighted by Crippen LogP contribution is 2.13. The second-order valence-corrected chi connectivity index (χ2v) is 1.83. The van der Waals surface area contributed by atoms with E-state index in [1.54, 1.807) is 0 Å². The van der Waals surface area contributed by atoms with Gasteiger partial charge >= 0.3 is 8.25 Å². The van der Waals surface area contributed by atoms with E-state index in [0.29, 0.717) is 0 Å². The molecule has 0 saturated heterocycles. The highest BCUT2D eigenvalue weighted by atomic mass is 35.5. The fraction of sp³-hybridized carbons (Fsp3) is 1.00. The lowest BCUT2D eigenvalue weighted by Gasteiger charge is -1.92. The zero-order valence-electron chi connectivity index (χ0n) is 3.91. The lowest BCUT2D eigenvalue weighted by Crippen LogP contribution is -1.90. The van der Waals surface area contributed by atoms with E-state index in [-0.39, 0.29) is 12.5 Å². The van der Waals surface area contributed by atoms with Crippen molar-refractivity contribution in [2.75, 3.05) is 12.5 Å². The molecule has 1 atom stereocenters. The molecule has 0 aliphatic heterocycles. The third-order valence-electron chi connectivity index (χ3n) is 0.277. The van der Waals surface area contributed by atoms with Gasteiger partial charge in [0.05, 0.1) is 6.61 Å². The first-order valence-corrected chi connectivity index (χ1v) is 3.45. The van der Waals surface area contributed by atoms with Gasteiger partial charge in [-0.15, -0.1) is 16.3 Å². The van der Waals surface area contributed by atoms with Crippen LogP contribution in [0.25, 0.3) is 0 Å². The Labute approximate surface area is 52.2 Å². The van der Waals surface area contributed by atoms with Gasteiger partial charge in [0.15, 0.2) is 0 Å². The fourth-order valence-electron chi connectivity index (χ4n) is 0.114. The molecule has 0 aromatic rings. The summed E-state index contributed by atoms with van der Waals surface area (Å²) in [6, 6.07) is 0. The van der Waals surface area contributed by atoms with Gasteiger partial charge in [-0.05, 0) is 0 Å². The van der Waals surface area contributed by atoms with Gasteiger partial charge < -0.3 is 0 Å². The zero-order valence-corrected chi connectivity index (χ0v) is 5.56. The van der Waals surface area contributed by atoms with Gasteiger partial charge in [-0.1, -0.05) is 0 Å². The van der Waals surface area contributed by atoms with Crippen LogP contribution in [0.1, 0.15) is 0 Å². The Kier molecular flexibility index (Phi) is 5.59. The minimum atomic E-state index is -2.64. The van der Waals surface area contributed by atoms with E-state index >= 15 is 0 Å². The Morgan fingerprint density at radius 1 is 1.75 bits per heavy atom. The molecule has 0 saturated carbocycles. The van der Waals surface area contributed by atoms with E-state index in [9.17, 15) is 4.57 Å². The van der Waals surface area contributed by atoms with Crippen molar-refractivity contribution in [2.24, 2.45) is 0 Å². The standard InChI is InChI=1S/C2H5ClO4P/c3-1-2-6-7-8(4)5/h1-2H2,(H,4,5). The quantitative estimate of drug-likeness (QED) is 0.217. The number of alkyl halides is 1.